The second kappa shape index (κ2) is 6.62. The molecule has 1 aromatic carbocycles. The van der Waals surface area contributed by atoms with Crippen LogP contribution in [0.4, 0.5) is 0 Å². The first-order chi connectivity index (χ1) is 10.0. The predicted octanol–water partition coefficient (Wildman–Crippen LogP) is 1.51. The van der Waals surface area contributed by atoms with E-state index in [1.807, 2.05) is 24.5 Å². The van der Waals surface area contributed by atoms with Crippen LogP contribution in [0.25, 0.3) is 10.9 Å². The van der Waals surface area contributed by atoms with E-state index in [1.54, 1.807) is 29.6 Å². The Hall–Kier alpha value is -2.02. The quantitative estimate of drug-likeness (QED) is 0.845. The summed E-state index contributed by atoms with van der Waals surface area (Å²) in [5.41, 5.74) is 1.09. The van der Waals surface area contributed by atoms with Gasteiger partial charge in [0.15, 0.2) is 5.69 Å². The largest absolute Gasteiger partial charge is 0.480 e. The van der Waals surface area contributed by atoms with Gasteiger partial charge >= 0.3 is 5.97 Å². The van der Waals surface area contributed by atoms with E-state index in [9.17, 15) is 9.59 Å². The third-order valence-corrected chi connectivity index (χ3v) is 3.83. The summed E-state index contributed by atoms with van der Waals surface area (Å²) < 4.78 is 1.61. The highest BCUT2D eigenvalue weighted by Gasteiger charge is 2.23. The minimum Gasteiger partial charge on any atom is -0.480 e. The number of carboxylic acids is 1. The van der Waals surface area contributed by atoms with E-state index in [2.05, 4.69) is 10.4 Å². The number of benzene rings is 1. The van der Waals surface area contributed by atoms with Crippen molar-refractivity contribution in [3.05, 3.63) is 30.0 Å². The van der Waals surface area contributed by atoms with Gasteiger partial charge in [0.1, 0.15) is 6.04 Å². The number of aromatic nitrogens is 2. The number of aliphatic carboxylic acids is 1. The maximum atomic E-state index is 12.3. The van der Waals surface area contributed by atoms with Gasteiger partial charge in [-0.15, -0.1) is 0 Å². The zero-order valence-electron chi connectivity index (χ0n) is 11.9. The van der Waals surface area contributed by atoms with E-state index in [0.29, 0.717) is 17.6 Å². The summed E-state index contributed by atoms with van der Waals surface area (Å²) in [5, 5.41) is 16.6. The third kappa shape index (κ3) is 3.36. The number of amides is 1. The summed E-state index contributed by atoms with van der Waals surface area (Å²) in [6.07, 6.45) is 2.28. The molecular formula is C14H17N3O3S. The molecule has 0 saturated carbocycles. The highest BCUT2D eigenvalue weighted by molar-refractivity contribution is 7.98. The molecule has 0 saturated heterocycles. The number of rotatable bonds is 6. The molecule has 0 aliphatic carbocycles. The predicted molar refractivity (Wildman–Crippen MR) is 82.6 cm³/mol. The topological polar surface area (TPSA) is 84.2 Å². The zero-order chi connectivity index (χ0) is 15.4. The lowest BCUT2D eigenvalue weighted by atomic mass is 10.1. The minimum atomic E-state index is -1.03. The monoisotopic (exact) mass is 307 g/mol. The highest BCUT2D eigenvalue weighted by atomic mass is 32.2. The van der Waals surface area contributed by atoms with Crippen molar-refractivity contribution in [3.8, 4) is 0 Å². The molecule has 1 aromatic heterocycles. The van der Waals surface area contributed by atoms with Crippen LogP contribution in [0.5, 0.6) is 0 Å². The number of nitrogens with zero attached hydrogens (tertiary/aromatic N) is 2. The summed E-state index contributed by atoms with van der Waals surface area (Å²) >= 11 is 1.54. The Morgan fingerprint density at radius 1 is 1.43 bits per heavy atom. The smallest absolute Gasteiger partial charge is 0.326 e. The van der Waals surface area contributed by atoms with E-state index < -0.39 is 17.9 Å². The van der Waals surface area contributed by atoms with E-state index in [4.69, 9.17) is 5.11 Å². The molecule has 0 spiro atoms. The molecule has 0 aliphatic heterocycles. The van der Waals surface area contributed by atoms with Crippen LogP contribution in [0.3, 0.4) is 0 Å². The summed E-state index contributed by atoms with van der Waals surface area (Å²) in [4.78, 5) is 23.5. The van der Waals surface area contributed by atoms with Gasteiger partial charge in [-0.1, -0.05) is 18.2 Å². The number of aryl methyl sites for hydroxylation is 1. The molecular weight excluding hydrogens is 290 g/mol. The van der Waals surface area contributed by atoms with Crippen molar-refractivity contribution in [2.24, 2.45) is 7.05 Å². The van der Waals surface area contributed by atoms with Gasteiger partial charge in [-0.2, -0.15) is 16.9 Å². The molecule has 1 heterocycles. The van der Waals surface area contributed by atoms with Crippen LogP contribution in [-0.4, -0.2) is 44.8 Å². The standard InChI is InChI=1S/C14H17N3O3S/c1-17-11-6-4-3-5-9(11)12(16-17)13(18)15-10(14(19)20)7-8-21-2/h3-6,10H,7-8H2,1-2H3,(H,15,18)(H,19,20). The van der Waals surface area contributed by atoms with Gasteiger partial charge in [-0.25, -0.2) is 4.79 Å². The van der Waals surface area contributed by atoms with Crippen molar-refractivity contribution in [2.45, 2.75) is 12.5 Å². The van der Waals surface area contributed by atoms with Gasteiger partial charge < -0.3 is 10.4 Å². The molecule has 21 heavy (non-hydrogen) atoms. The van der Waals surface area contributed by atoms with Crippen LogP contribution >= 0.6 is 11.8 Å². The van der Waals surface area contributed by atoms with Gasteiger partial charge in [0.25, 0.3) is 5.91 Å². The van der Waals surface area contributed by atoms with Gasteiger partial charge in [-0.05, 0) is 24.5 Å². The summed E-state index contributed by atoms with van der Waals surface area (Å²) in [5.74, 6) is -0.821. The van der Waals surface area contributed by atoms with Crippen molar-refractivity contribution < 1.29 is 14.7 Å². The van der Waals surface area contributed by atoms with Crippen molar-refractivity contribution in [2.75, 3.05) is 12.0 Å². The van der Waals surface area contributed by atoms with E-state index in [0.717, 1.165) is 5.52 Å². The van der Waals surface area contributed by atoms with Gasteiger partial charge in [-0.3, -0.25) is 9.48 Å². The number of hydrogen-bond acceptors (Lipinski definition) is 4. The number of carbonyl (C=O) groups excluding carboxylic acids is 1. The fourth-order valence-electron chi connectivity index (χ4n) is 2.10. The average molecular weight is 307 g/mol. The van der Waals surface area contributed by atoms with Gasteiger partial charge in [0.05, 0.1) is 5.52 Å². The number of nitrogens with one attached hydrogen (secondary N) is 1. The van der Waals surface area contributed by atoms with Crippen molar-refractivity contribution in [1.29, 1.82) is 0 Å². The van der Waals surface area contributed by atoms with E-state index in [-0.39, 0.29) is 5.69 Å². The Bertz CT molecular complexity index is 669. The Labute approximate surface area is 126 Å². The Morgan fingerprint density at radius 2 is 2.14 bits per heavy atom. The normalized spacial score (nSPS) is 12.3. The molecule has 0 aliphatic rings. The SMILES string of the molecule is CSCCC(NC(=O)c1nn(C)c2ccccc12)C(=O)O. The first-order valence-electron chi connectivity index (χ1n) is 6.49. The fraction of sp³-hybridized carbons (Fsp3) is 0.357. The molecule has 6 nitrogen and oxygen atoms in total. The number of carbonyl (C=O) groups is 2. The van der Waals surface area contributed by atoms with Crippen LogP contribution in [-0.2, 0) is 11.8 Å². The molecule has 2 aromatic rings. The first kappa shape index (κ1) is 15.4. The molecule has 0 fully saturated rings. The van der Waals surface area contributed by atoms with E-state index >= 15 is 0 Å². The summed E-state index contributed by atoms with van der Waals surface area (Å²) in [6, 6.07) is 6.45. The molecule has 2 N–H and O–H groups in total. The van der Waals surface area contributed by atoms with E-state index in [1.165, 1.54) is 0 Å². The van der Waals surface area contributed by atoms with Crippen molar-refractivity contribution >= 4 is 34.5 Å². The van der Waals surface area contributed by atoms with Crippen LogP contribution in [0, 0.1) is 0 Å². The number of fused-ring (bicyclic) bond motifs is 1. The second-order valence-corrected chi connectivity index (χ2v) is 5.62. The number of para-hydroxylation sites is 1. The van der Waals surface area contributed by atoms with Crippen molar-refractivity contribution in [1.82, 2.24) is 15.1 Å². The maximum absolute atomic E-state index is 12.3. The van der Waals surface area contributed by atoms with Crippen LogP contribution in [0.2, 0.25) is 0 Å². The molecule has 0 bridgehead atoms. The van der Waals surface area contributed by atoms with Crippen LogP contribution < -0.4 is 5.32 Å². The minimum absolute atomic E-state index is 0.253. The Kier molecular flexibility index (Phi) is 4.85. The lowest BCUT2D eigenvalue weighted by molar-refractivity contribution is -0.139. The number of carboxylic acid groups (broad SMARTS) is 1. The molecule has 0 radical (unpaired) electrons. The average Bonchev–Trinajstić information content (AvgIpc) is 2.81. The van der Waals surface area contributed by atoms with Crippen LogP contribution in [0.15, 0.2) is 24.3 Å². The Morgan fingerprint density at radius 3 is 2.81 bits per heavy atom. The molecule has 1 atom stereocenters. The Balaban J connectivity index is 2.23. The molecule has 7 heteroatoms. The summed E-state index contributed by atoms with van der Waals surface area (Å²) in [6.45, 7) is 0. The molecule has 1 unspecified atom stereocenters. The lowest BCUT2D eigenvalue weighted by Crippen LogP contribution is -2.41. The third-order valence-electron chi connectivity index (χ3n) is 3.19. The van der Waals surface area contributed by atoms with Crippen molar-refractivity contribution in [3.63, 3.8) is 0 Å². The highest BCUT2D eigenvalue weighted by Crippen LogP contribution is 2.17. The lowest BCUT2D eigenvalue weighted by Gasteiger charge is -2.12. The van der Waals surface area contributed by atoms with Crippen LogP contribution in [0.1, 0.15) is 16.9 Å². The molecule has 2 rings (SSSR count). The summed E-state index contributed by atoms with van der Waals surface area (Å²) in [7, 11) is 1.75. The number of hydrogen-bond donors (Lipinski definition) is 2. The fourth-order valence-corrected chi connectivity index (χ4v) is 2.57. The molecule has 112 valence electrons. The zero-order valence-corrected chi connectivity index (χ0v) is 12.7. The first-order valence-corrected chi connectivity index (χ1v) is 7.88. The number of thioether (sulfide) groups is 1. The maximum Gasteiger partial charge on any atom is 0.326 e. The van der Waals surface area contributed by atoms with Gasteiger partial charge in [0, 0.05) is 12.4 Å². The molecule has 1 amide bonds. The second-order valence-electron chi connectivity index (χ2n) is 4.64. The van der Waals surface area contributed by atoms with Gasteiger partial charge in [0.2, 0.25) is 0 Å².